The lowest BCUT2D eigenvalue weighted by atomic mass is 10.1. The molecule has 0 unspecified atom stereocenters. The quantitative estimate of drug-likeness (QED) is 0.486. The molecule has 0 aliphatic rings. The van der Waals surface area contributed by atoms with Crippen LogP contribution < -0.4 is 5.32 Å². The molecule has 0 fully saturated rings. The number of nitrogens with one attached hydrogen (secondary N) is 1. The van der Waals surface area contributed by atoms with Crippen molar-refractivity contribution in [1.82, 2.24) is 19.9 Å². The molecule has 0 aliphatic carbocycles. The summed E-state index contributed by atoms with van der Waals surface area (Å²) in [4.78, 5) is 17.6. The molecule has 0 saturated heterocycles. The molecular weight excluding hydrogens is 354 g/mol. The van der Waals surface area contributed by atoms with Crippen molar-refractivity contribution in [3.05, 3.63) is 59.7 Å². The van der Waals surface area contributed by atoms with Crippen LogP contribution in [0.2, 0.25) is 0 Å². The van der Waals surface area contributed by atoms with Crippen LogP contribution >= 0.6 is 11.3 Å². The number of rotatable bonds is 3. The summed E-state index contributed by atoms with van der Waals surface area (Å²) in [5.74, 6) is 1.98. The fraction of sp³-hybridized carbons (Fsp3) is 0.238. The Kier molecular flexibility index (Phi) is 5.76. The molecular formula is C21H23N5S. The first-order chi connectivity index (χ1) is 13.1. The zero-order valence-corrected chi connectivity index (χ0v) is 17.1. The Morgan fingerprint density at radius 3 is 2.19 bits per heavy atom. The van der Waals surface area contributed by atoms with Crippen molar-refractivity contribution >= 4 is 33.2 Å². The first-order valence-corrected chi connectivity index (χ1v) is 9.83. The average molecular weight is 378 g/mol. The smallest absolute Gasteiger partial charge is 0.230 e. The third-order valence-corrected chi connectivity index (χ3v) is 4.94. The van der Waals surface area contributed by atoms with E-state index in [1.807, 2.05) is 52.0 Å². The van der Waals surface area contributed by atoms with Gasteiger partial charge in [-0.2, -0.15) is 9.97 Å². The van der Waals surface area contributed by atoms with E-state index in [2.05, 4.69) is 45.4 Å². The van der Waals surface area contributed by atoms with Crippen LogP contribution in [0.5, 0.6) is 0 Å². The van der Waals surface area contributed by atoms with Crippen molar-refractivity contribution in [2.24, 2.45) is 0 Å². The fourth-order valence-corrected chi connectivity index (χ4v) is 3.83. The molecule has 27 heavy (non-hydrogen) atoms. The van der Waals surface area contributed by atoms with E-state index in [0.717, 1.165) is 27.3 Å². The number of aromatic nitrogens is 4. The van der Waals surface area contributed by atoms with Gasteiger partial charge in [-0.15, -0.1) is 11.3 Å². The Balaban J connectivity index is 0.00000102. The number of nitrogens with zero attached hydrogens (tertiary/aromatic N) is 4. The van der Waals surface area contributed by atoms with Crippen molar-refractivity contribution in [2.75, 3.05) is 5.32 Å². The van der Waals surface area contributed by atoms with Gasteiger partial charge in [0.2, 0.25) is 5.95 Å². The van der Waals surface area contributed by atoms with Crippen molar-refractivity contribution in [3.63, 3.8) is 0 Å². The fourth-order valence-electron chi connectivity index (χ4n) is 2.77. The molecule has 1 N–H and O–H groups in total. The van der Waals surface area contributed by atoms with Gasteiger partial charge < -0.3 is 5.32 Å². The normalized spacial score (nSPS) is 10.4. The van der Waals surface area contributed by atoms with E-state index in [1.54, 1.807) is 11.3 Å². The molecule has 6 heteroatoms. The maximum Gasteiger partial charge on any atom is 0.230 e. The zero-order chi connectivity index (χ0) is 19.4. The molecule has 2 heterocycles. The second-order valence-corrected chi connectivity index (χ2v) is 6.93. The van der Waals surface area contributed by atoms with Gasteiger partial charge >= 0.3 is 0 Å². The SMILES string of the molecule is CC.Cc1nc(C)nc(Nc2ccc(-c3nc4ccccc4s3)c(C)c2)n1. The van der Waals surface area contributed by atoms with Crippen LogP contribution in [-0.2, 0) is 0 Å². The highest BCUT2D eigenvalue weighted by Crippen LogP contribution is 2.33. The first kappa shape index (κ1) is 18.9. The van der Waals surface area contributed by atoms with Crippen LogP contribution in [0.4, 0.5) is 11.6 Å². The van der Waals surface area contributed by atoms with Crippen LogP contribution in [0.3, 0.4) is 0 Å². The number of thiazole rings is 1. The summed E-state index contributed by atoms with van der Waals surface area (Å²) in [5, 5.41) is 4.29. The highest BCUT2D eigenvalue weighted by Gasteiger charge is 2.10. The molecule has 4 rings (SSSR count). The van der Waals surface area contributed by atoms with E-state index in [4.69, 9.17) is 4.98 Å². The van der Waals surface area contributed by atoms with Crippen LogP contribution in [0, 0.1) is 20.8 Å². The lowest BCUT2D eigenvalue weighted by Gasteiger charge is -2.09. The number of hydrogen-bond acceptors (Lipinski definition) is 6. The Morgan fingerprint density at radius 2 is 1.52 bits per heavy atom. The molecule has 0 amide bonds. The van der Waals surface area contributed by atoms with Gasteiger partial charge in [0, 0.05) is 11.3 Å². The third kappa shape index (κ3) is 4.28. The predicted octanol–water partition coefficient (Wildman–Crippen LogP) is 5.84. The lowest BCUT2D eigenvalue weighted by Crippen LogP contribution is -2.03. The van der Waals surface area contributed by atoms with Crippen LogP contribution in [-0.4, -0.2) is 19.9 Å². The Labute approximate surface area is 163 Å². The average Bonchev–Trinajstić information content (AvgIpc) is 3.06. The van der Waals surface area contributed by atoms with E-state index < -0.39 is 0 Å². The molecule has 0 radical (unpaired) electrons. The largest absolute Gasteiger partial charge is 0.324 e. The monoisotopic (exact) mass is 377 g/mol. The van der Waals surface area contributed by atoms with Crippen LogP contribution in [0.25, 0.3) is 20.8 Å². The summed E-state index contributed by atoms with van der Waals surface area (Å²) in [7, 11) is 0. The second-order valence-electron chi connectivity index (χ2n) is 5.89. The minimum absolute atomic E-state index is 0.567. The topological polar surface area (TPSA) is 63.6 Å². The van der Waals surface area contributed by atoms with Crippen molar-refractivity contribution in [1.29, 1.82) is 0 Å². The number of para-hydroxylation sites is 1. The molecule has 0 bridgehead atoms. The number of anilines is 2. The maximum absolute atomic E-state index is 4.75. The lowest BCUT2D eigenvalue weighted by molar-refractivity contribution is 0.928. The van der Waals surface area contributed by atoms with E-state index >= 15 is 0 Å². The van der Waals surface area contributed by atoms with Gasteiger partial charge in [-0.3, -0.25) is 0 Å². The minimum Gasteiger partial charge on any atom is -0.324 e. The van der Waals surface area contributed by atoms with Crippen molar-refractivity contribution in [2.45, 2.75) is 34.6 Å². The molecule has 138 valence electrons. The number of benzene rings is 2. The summed E-state index contributed by atoms with van der Waals surface area (Å²) in [6, 6.07) is 14.4. The Bertz CT molecular complexity index is 1020. The van der Waals surface area contributed by atoms with Gasteiger partial charge in [0.05, 0.1) is 10.2 Å². The van der Waals surface area contributed by atoms with E-state index in [9.17, 15) is 0 Å². The number of fused-ring (bicyclic) bond motifs is 1. The summed E-state index contributed by atoms with van der Waals surface area (Å²) < 4.78 is 1.20. The Hall–Kier alpha value is -2.86. The third-order valence-electron chi connectivity index (χ3n) is 3.87. The molecule has 2 aromatic carbocycles. The number of aryl methyl sites for hydroxylation is 3. The highest BCUT2D eigenvalue weighted by atomic mass is 32.1. The van der Waals surface area contributed by atoms with E-state index in [1.165, 1.54) is 4.70 Å². The van der Waals surface area contributed by atoms with Gasteiger partial charge in [-0.1, -0.05) is 26.0 Å². The van der Waals surface area contributed by atoms with Gasteiger partial charge in [0.15, 0.2) is 0 Å². The predicted molar refractivity (Wildman–Crippen MR) is 114 cm³/mol. The summed E-state index contributed by atoms with van der Waals surface area (Å²) >= 11 is 1.71. The minimum atomic E-state index is 0.567. The zero-order valence-electron chi connectivity index (χ0n) is 16.2. The van der Waals surface area contributed by atoms with Crippen molar-refractivity contribution in [3.8, 4) is 10.6 Å². The molecule has 0 atom stereocenters. The van der Waals surface area contributed by atoms with Gasteiger partial charge in [0.25, 0.3) is 0 Å². The molecule has 2 aromatic heterocycles. The van der Waals surface area contributed by atoms with Crippen LogP contribution in [0.1, 0.15) is 31.1 Å². The summed E-state index contributed by atoms with van der Waals surface area (Å²) in [6.45, 7) is 9.82. The molecule has 0 spiro atoms. The van der Waals surface area contributed by atoms with E-state index in [0.29, 0.717) is 17.6 Å². The summed E-state index contributed by atoms with van der Waals surface area (Å²) in [5.41, 5.74) is 4.30. The molecule has 5 nitrogen and oxygen atoms in total. The molecule has 0 aliphatic heterocycles. The van der Waals surface area contributed by atoms with Gasteiger partial charge in [0.1, 0.15) is 16.7 Å². The Morgan fingerprint density at radius 1 is 0.815 bits per heavy atom. The van der Waals surface area contributed by atoms with Crippen molar-refractivity contribution < 1.29 is 0 Å². The standard InChI is InChI=1S/C19H17N5S.C2H6/c1-11-10-14(23-19-21-12(2)20-13(3)22-19)8-9-15(11)18-24-16-6-4-5-7-17(16)25-18;1-2/h4-10H,1-3H3,(H,20,21,22,23);1-2H3. The maximum atomic E-state index is 4.75. The van der Waals surface area contributed by atoms with Crippen LogP contribution in [0.15, 0.2) is 42.5 Å². The second kappa shape index (κ2) is 8.22. The van der Waals surface area contributed by atoms with E-state index in [-0.39, 0.29) is 0 Å². The van der Waals surface area contributed by atoms with Gasteiger partial charge in [-0.05, 0) is 56.7 Å². The molecule has 4 aromatic rings. The number of hydrogen-bond donors (Lipinski definition) is 1. The highest BCUT2D eigenvalue weighted by molar-refractivity contribution is 7.21. The van der Waals surface area contributed by atoms with Gasteiger partial charge in [-0.25, -0.2) is 9.97 Å². The molecule has 0 saturated carbocycles. The summed E-state index contributed by atoms with van der Waals surface area (Å²) in [6.07, 6.45) is 0. The first-order valence-electron chi connectivity index (χ1n) is 9.01.